The van der Waals surface area contributed by atoms with Crippen LogP contribution in [0.2, 0.25) is 0 Å². The van der Waals surface area contributed by atoms with Gasteiger partial charge in [0.2, 0.25) is 5.91 Å². The molecule has 2 amide bonds. The van der Waals surface area contributed by atoms with Gasteiger partial charge in [-0.1, -0.05) is 6.07 Å². The fourth-order valence-corrected chi connectivity index (χ4v) is 2.67. The SMILES string of the molecule is O=C(O)c1cccc(N2C(=O)CC(Nc3ccc([N+](=O)[O-])cc3)C2=O)c1. The summed E-state index contributed by atoms with van der Waals surface area (Å²) in [6.45, 7) is 0. The maximum absolute atomic E-state index is 12.6. The van der Waals surface area contributed by atoms with Crippen molar-refractivity contribution in [3.63, 3.8) is 0 Å². The fourth-order valence-electron chi connectivity index (χ4n) is 2.67. The minimum atomic E-state index is -1.16. The Morgan fingerprint density at radius 2 is 1.88 bits per heavy atom. The zero-order chi connectivity index (χ0) is 18.8. The number of aromatic carboxylic acids is 1. The summed E-state index contributed by atoms with van der Waals surface area (Å²) in [5, 5.41) is 22.6. The molecule has 9 nitrogen and oxygen atoms in total. The van der Waals surface area contributed by atoms with Crippen LogP contribution in [0, 0.1) is 10.1 Å². The van der Waals surface area contributed by atoms with Crippen LogP contribution in [-0.4, -0.2) is 33.9 Å². The van der Waals surface area contributed by atoms with E-state index in [1.165, 1.54) is 48.5 Å². The molecule has 1 saturated heterocycles. The van der Waals surface area contributed by atoms with E-state index in [0.717, 1.165) is 4.90 Å². The van der Waals surface area contributed by atoms with Gasteiger partial charge in [0.05, 0.1) is 22.6 Å². The minimum absolute atomic E-state index is 0.0325. The number of nitro benzene ring substituents is 1. The van der Waals surface area contributed by atoms with Crippen LogP contribution in [0.1, 0.15) is 16.8 Å². The zero-order valence-corrected chi connectivity index (χ0v) is 13.3. The molecule has 1 aliphatic rings. The number of nitrogens with one attached hydrogen (secondary N) is 1. The van der Waals surface area contributed by atoms with Gasteiger partial charge in [0, 0.05) is 17.8 Å². The number of carbonyl (C=O) groups is 3. The summed E-state index contributed by atoms with van der Waals surface area (Å²) in [7, 11) is 0. The van der Waals surface area contributed by atoms with Gasteiger partial charge >= 0.3 is 5.97 Å². The van der Waals surface area contributed by atoms with Crippen molar-refractivity contribution in [3.8, 4) is 0 Å². The number of carboxylic acids is 1. The third kappa shape index (κ3) is 3.22. The van der Waals surface area contributed by atoms with Crippen LogP contribution in [0.25, 0.3) is 0 Å². The highest BCUT2D eigenvalue weighted by Gasteiger charge is 2.39. The second kappa shape index (κ2) is 6.63. The van der Waals surface area contributed by atoms with Crippen LogP contribution >= 0.6 is 0 Å². The average molecular weight is 355 g/mol. The number of nitrogens with zero attached hydrogens (tertiary/aromatic N) is 2. The van der Waals surface area contributed by atoms with E-state index in [-0.39, 0.29) is 23.4 Å². The van der Waals surface area contributed by atoms with Crippen LogP contribution in [0.3, 0.4) is 0 Å². The number of benzene rings is 2. The molecule has 2 aromatic carbocycles. The van der Waals surface area contributed by atoms with E-state index in [2.05, 4.69) is 5.32 Å². The summed E-state index contributed by atoms with van der Waals surface area (Å²) in [6.07, 6.45) is -0.104. The predicted molar refractivity (Wildman–Crippen MR) is 91.0 cm³/mol. The van der Waals surface area contributed by atoms with Gasteiger partial charge in [-0.2, -0.15) is 0 Å². The van der Waals surface area contributed by atoms with Gasteiger partial charge in [0.1, 0.15) is 6.04 Å². The first kappa shape index (κ1) is 17.1. The molecule has 1 fully saturated rings. The maximum Gasteiger partial charge on any atom is 0.335 e. The van der Waals surface area contributed by atoms with Gasteiger partial charge in [-0.3, -0.25) is 19.7 Å². The van der Waals surface area contributed by atoms with Crippen LogP contribution in [-0.2, 0) is 9.59 Å². The zero-order valence-electron chi connectivity index (χ0n) is 13.3. The van der Waals surface area contributed by atoms with Gasteiger partial charge in [-0.25, -0.2) is 9.69 Å². The normalized spacial score (nSPS) is 16.6. The number of imide groups is 1. The fraction of sp³-hybridized carbons (Fsp3) is 0.118. The van der Waals surface area contributed by atoms with Crippen molar-refractivity contribution < 1.29 is 24.4 Å². The molecule has 2 N–H and O–H groups in total. The first-order valence-electron chi connectivity index (χ1n) is 7.58. The third-order valence-electron chi connectivity index (χ3n) is 3.92. The number of hydrogen-bond acceptors (Lipinski definition) is 6. The Morgan fingerprint density at radius 3 is 2.50 bits per heavy atom. The highest BCUT2D eigenvalue weighted by Crippen LogP contribution is 2.26. The largest absolute Gasteiger partial charge is 0.478 e. The number of non-ortho nitro benzene ring substituents is 1. The highest BCUT2D eigenvalue weighted by molar-refractivity contribution is 6.23. The minimum Gasteiger partial charge on any atom is -0.478 e. The number of rotatable bonds is 5. The van der Waals surface area contributed by atoms with Crippen LogP contribution < -0.4 is 10.2 Å². The molecule has 0 spiro atoms. The Labute approximate surface area is 147 Å². The number of carboxylic acid groups (broad SMARTS) is 1. The summed E-state index contributed by atoms with van der Waals surface area (Å²) >= 11 is 0. The molecule has 0 aromatic heterocycles. The molecule has 9 heteroatoms. The van der Waals surface area contributed by atoms with Crippen molar-refractivity contribution in [1.29, 1.82) is 0 Å². The molecule has 1 atom stereocenters. The molecule has 26 heavy (non-hydrogen) atoms. The van der Waals surface area contributed by atoms with E-state index in [1.807, 2.05) is 0 Å². The smallest absolute Gasteiger partial charge is 0.335 e. The molecule has 0 radical (unpaired) electrons. The first-order chi connectivity index (χ1) is 12.4. The molecule has 1 aliphatic heterocycles. The van der Waals surface area contributed by atoms with E-state index in [0.29, 0.717) is 5.69 Å². The Morgan fingerprint density at radius 1 is 1.19 bits per heavy atom. The summed E-state index contributed by atoms with van der Waals surface area (Å²) in [5.74, 6) is -2.14. The quantitative estimate of drug-likeness (QED) is 0.477. The standard InChI is InChI=1S/C17H13N3O6/c21-15-9-14(18-11-4-6-12(7-5-11)20(25)26)16(22)19(15)13-3-1-2-10(8-13)17(23)24/h1-8,14,18H,9H2,(H,23,24). The van der Waals surface area contributed by atoms with E-state index in [1.54, 1.807) is 0 Å². The number of carbonyl (C=O) groups excluding carboxylic acids is 2. The lowest BCUT2D eigenvalue weighted by Crippen LogP contribution is -2.34. The molecule has 2 aromatic rings. The Bertz CT molecular complexity index is 909. The van der Waals surface area contributed by atoms with Gasteiger partial charge in [0.15, 0.2) is 0 Å². The average Bonchev–Trinajstić information content (AvgIpc) is 2.89. The van der Waals surface area contributed by atoms with E-state index in [9.17, 15) is 24.5 Å². The topological polar surface area (TPSA) is 130 Å². The molecular formula is C17H13N3O6. The Hall–Kier alpha value is -3.75. The summed E-state index contributed by atoms with van der Waals surface area (Å²) in [6, 6.07) is 10.2. The first-order valence-corrected chi connectivity index (χ1v) is 7.58. The summed E-state index contributed by atoms with van der Waals surface area (Å²) in [4.78, 5) is 46.9. The molecule has 0 bridgehead atoms. The molecule has 132 valence electrons. The number of amides is 2. The molecule has 1 heterocycles. The summed E-state index contributed by atoms with van der Waals surface area (Å²) < 4.78 is 0. The molecule has 3 rings (SSSR count). The van der Waals surface area contributed by atoms with Crippen LogP contribution in [0.5, 0.6) is 0 Å². The van der Waals surface area contributed by atoms with Crippen LogP contribution in [0.4, 0.5) is 17.1 Å². The van der Waals surface area contributed by atoms with Crippen molar-refractivity contribution in [2.75, 3.05) is 10.2 Å². The lowest BCUT2D eigenvalue weighted by molar-refractivity contribution is -0.384. The van der Waals surface area contributed by atoms with Gasteiger partial charge in [-0.05, 0) is 30.3 Å². The van der Waals surface area contributed by atoms with E-state index >= 15 is 0 Å². The van der Waals surface area contributed by atoms with Crippen molar-refractivity contribution in [3.05, 3.63) is 64.2 Å². The van der Waals surface area contributed by atoms with Crippen LogP contribution in [0.15, 0.2) is 48.5 Å². The van der Waals surface area contributed by atoms with Gasteiger partial charge in [0.25, 0.3) is 11.6 Å². The number of anilines is 2. The molecule has 0 saturated carbocycles. The number of nitro groups is 1. The van der Waals surface area contributed by atoms with E-state index < -0.39 is 28.7 Å². The molecule has 0 aliphatic carbocycles. The lowest BCUT2D eigenvalue weighted by atomic mass is 10.2. The van der Waals surface area contributed by atoms with Gasteiger partial charge in [-0.15, -0.1) is 0 Å². The maximum atomic E-state index is 12.6. The Balaban J connectivity index is 1.79. The second-order valence-corrected chi connectivity index (χ2v) is 5.63. The highest BCUT2D eigenvalue weighted by atomic mass is 16.6. The number of hydrogen-bond donors (Lipinski definition) is 2. The van der Waals surface area contributed by atoms with Gasteiger partial charge < -0.3 is 10.4 Å². The van der Waals surface area contributed by atoms with Crippen molar-refractivity contribution in [2.24, 2.45) is 0 Å². The molecular weight excluding hydrogens is 342 g/mol. The second-order valence-electron chi connectivity index (χ2n) is 5.63. The third-order valence-corrected chi connectivity index (χ3v) is 3.92. The lowest BCUT2D eigenvalue weighted by Gasteiger charge is -2.16. The van der Waals surface area contributed by atoms with Crippen molar-refractivity contribution in [1.82, 2.24) is 0 Å². The van der Waals surface area contributed by atoms with E-state index in [4.69, 9.17) is 5.11 Å². The van der Waals surface area contributed by atoms with Crippen molar-refractivity contribution >= 4 is 34.8 Å². The Kier molecular flexibility index (Phi) is 4.36. The predicted octanol–water partition coefficient (Wildman–Crippen LogP) is 2.04. The summed E-state index contributed by atoms with van der Waals surface area (Å²) in [5.41, 5.74) is 0.530. The van der Waals surface area contributed by atoms with Crippen molar-refractivity contribution in [2.45, 2.75) is 12.5 Å². The monoisotopic (exact) mass is 355 g/mol. The molecule has 1 unspecified atom stereocenters.